The third kappa shape index (κ3) is 4.20. The number of Topliss-reactive ketones (excluding diaryl/α,β-unsaturated/α-hetero) is 1. The van der Waals surface area contributed by atoms with E-state index in [9.17, 15) is 9.59 Å². The Kier molecular flexibility index (Phi) is 6.23. The summed E-state index contributed by atoms with van der Waals surface area (Å²) in [5.41, 5.74) is 3.40. The van der Waals surface area contributed by atoms with Crippen molar-refractivity contribution in [2.45, 2.75) is 75.2 Å². The molecule has 154 valence electrons. The number of benzene rings is 1. The van der Waals surface area contributed by atoms with Gasteiger partial charge < -0.3 is 4.74 Å². The number of hydrogen-bond acceptors (Lipinski definition) is 5. The van der Waals surface area contributed by atoms with Crippen LogP contribution in [-0.2, 0) is 14.3 Å². The van der Waals surface area contributed by atoms with E-state index in [1.54, 1.807) is 11.8 Å². The average Bonchev–Trinajstić information content (AvgIpc) is 2.73. The number of nitrogens with zero attached hydrogens (tertiary/aromatic N) is 1. The molecule has 2 aliphatic carbocycles. The first-order valence-electron chi connectivity index (χ1n) is 10.7. The number of thioether (sulfide) groups is 1. The highest BCUT2D eigenvalue weighted by Gasteiger charge is 2.43. The SMILES string of the molecule is CSc1ccc([C@H]2C3=C(CCCC3=O)N=C(C)C2C(=O)OC2CCCCC2)cc1. The first-order chi connectivity index (χ1) is 14.1. The molecule has 1 saturated carbocycles. The smallest absolute Gasteiger partial charge is 0.315 e. The van der Waals surface area contributed by atoms with E-state index in [2.05, 4.69) is 24.3 Å². The van der Waals surface area contributed by atoms with Gasteiger partial charge in [0.15, 0.2) is 5.78 Å². The van der Waals surface area contributed by atoms with E-state index in [1.165, 1.54) is 11.3 Å². The summed E-state index contributed by atoms with van der Waals surface area (Å²) in [6, 6.07) is 8.25. The molecule has 0 N–H and O–H groups in total. The molecule has 1 heterocycles. The van der Waals surface area contributed by atoms with Crippen molar-refractivity contribution in [1.82, 2.24) is 0 Å². The summed E-state index contributed by atoms with van der Waals surface area (Å²) >= 11 is 1.68. The molecule has 1 aromatic carbocycles. The van der Waals surface area contributed by atoms with E-state index in [1.807, 2.05) is 13.2 Å². The van der Waals surface area contributed by atoms with Gasteiger partial charge in [-0.05, 0) is 69.4 Å². The molecule has 0 radical (unpaired) electrons. The lowest BCUT2D eigenvalue weighted by atomic mass is 9.72. The van der Waals surface area contributed by atoms with Crippen LogP contribution in [0.15, 0.2) is 45.4 Å². The fourth-order valence-electron chi connectivity index (χ4n) is 4.90. The van der Waals surface area contributed by atoms with Crippen molar-refractivity contribution < 1.29 is 14.3 Å². The molecule has 5 heteroatoms. The second-order valence-corrected chi connectivity index (χ2v) is 9.20. The number of ketones is 1. The molecule has 0 saturated heterocycles. The molecule has 0 bridgehead atoms. The summed E-state index contributed by atoms with van der Waals surface area (Å²) in [5.74, 6) is -0.890. The van der Waals surface area contributed by atoms with Crippen LogP contribution in [0.5, 0.6) is 0 Å². The van der Waals surface area contributed by atoms with Gasteiger partial charge in [-0.3, -0.25) is 14.6 Å². The molecule has 4 rings (SSSR count). The molecule has 2 atom stereocenters. The molecular weight excluding hydrogens is 382 g/mol. The number of esters is 1. The van der Waals surface area contributed by atoms with Gasteiger partial charge in [0.2, 0.25) is 0 Å². The maximum absolute atomic E-state index is 13.3. The fraction of sp³-hybridized carbons (Fsp3) is 0.542. The number of ether oxygens (including phenoxy) is 1. The van der Waals surface area contributed by atoms with Crippen molar-refractivity contribution in [2.24, 2.45) is 10.9 Å². The van der Waals surface area contributed by atoms with Crippen LogP contribution in [0.25, 0.3) is 0 Å². The Bertz CT molecular complexity index is 849. The summed E-state index contributed by atoms with van der Waals surface area (Å²) in [5, 5.41) is 0. The monoisotopic (exact) mass is 411 g/mol. The van der Waals surface area contributed by atoms with Crippen molar-refractivity contribution in [3.8, 4) is 0 Å². The van der Waals surface area contributed by atoms with Crippen molar-refractivity contribution >= 4 is 29.2 Å². The largest absolute Gasteiger partial charge is 0.462 e. The van der Waals surface area contributed by atoms with Crippen LogP contribution >= 0.6 is 11.8 Å². The van der Waals surface area contributed by atoms with Gasteiger partial charge in [-0.25, -0.2) is 0 Å². The highest BCUT2D eigenvalue weighted by molar-refractivity contribution is 7.98. The lowest BCUT2D eigenvalue weighted by Crippen LogP contribution is -2.38. The predicted octanol–water partition coefficient (Wildman–Crippen LogP) is 5.47. The van der Waals surface area contributed by atoms with Gasteiger partial charge >= 0.3 is 5.97 Å². The minimum Gasteiger partial charge on any atom is -0.462 e. The quantitative estimate of drug-likeness (QED) is 0.487. The zero-order chi connectivity index (χ0) is 20.4. The highest BCUT2D eigenvalue weighted by atomic mass is 32.2. The van der Waals surface area contributed by atoms with E-state index in [0.717, 1.165) is 61.1 Å². The molecule has 0 spiro atoms. The minimum absolute atomic E-state index is 0.000927. The molecule has 0 aromatic heterocycles. The van der Waals surface area contributed by atoms with Gasteiger partial charge in [0.25, 0.3) is 0 Å². The van der Waals surface area contributed by atoms with Crippen molar-refractivity contribution in [1.29, 1.82) is 0 Å². The van der Waals surface area contributed by atoms with E-state index in [4.69, 9.17) is 9.73 Å². The lowest BCUT2D eigenvalue weighted by Gasteiger charge is -2.35. The fourth-order valence-corrected chi connectivity index (χ4v) is 5.31. The third-order valence-corrected chi connectivity index (χ3v) is 7.14. The zero-order valence-electron chi connectivity index (χ0n) is 17.3. The second kappa shape index (κ2) is 8.86. The van der Waals surface area contributed by atoms with Crippen molar-refractivity contribution in [3.05, 3.63) is 41.1 Å². The topological polar surface area (TPSA) is 55.7 Å². The highest BCUT2D eigenvalue weighted by Crippen LogP contribution is 2.44. The summed E-state index contributed by atoms with van der Waals surface area (Å²) in [7, 11) is 0. The number of aliphatic imine (C=N–C) groups is 1. The van der Waals surface area contributed by atoms with Gasteiger partial charge in [-0.1, -0.05) is 18.6 Å². The van der Waals surface area contributed by atoms with Gasteiger partial charge in [0, 0.05) is 34.2 Å². The number of carbonyl (C=O) groups excluding carboxylic acids is 2. The summed E-state index contributed by atoms with van der Waals surface area (Å²) < 4.78 is 5.96. The van der Waals surface area contributed by atoms with E-state index in [0.29, 0.717) is 6.42 Å². The van der Waals surface area contributed by atoms with Crippen molar-refractivity contribution in [3.63, 3.8) is 0 Å². The van der Waals surface area contributed by atoms with Crippen LogP contribution in [-0.4, -0.2) is 29.8 Å². The normalized spacial score (nSPS) is 25.4. The molecule has 3 aliphatic rings. The number of carbonyl (C=O) groups is 2. The Labute approximate surface area is 177 Å². The third-order valence-electron chi connectivity index (χ3n) is 6.40. The number of hydrogen-bond donors (Lipinski definition) is 0. The maximum atomic E-state index is 13.3. The number of rotatable bonds is 4. The van der Waals surface area contributed by atoms with Crippen LogP contribution < -0.4 is 0 Å². The standard InChI is InChI=1S/C24H29NO3S/c1-15-21(24(27)28-17-7-4-3-5-8-17)22(16-11-13-18(29-2)14-12-16)23-19(25-15)9-6-10-20(23)26/h11-14,17,21-22H,3-10H2,1-2H3/t21?,22-/m1/s1. The van der Waals surface area contributed by atoms with Crippen LogP contribution in [0.4, 0.5) is 0 Å². The van der Waals surface area contributed by atoms with E-state index in [-0.39, 0.29) is 23.8 Å². The first kappa shape index (κ1) is 20.4. The van der Waals surface area contributed by atoms with Crippen LogP contribution in [0, 0.1) is 5.92 Å². The zero-order valence-corrected chi connectivity index (χ0v) is 18.1. The molecule has 1 aromatic rings. The lowest BCUT2D eigenvalue weighted by molar-refractivity contribution is -0.153. The molecule has 4 nitrogen and oxygen atoms in total. The summed E-state index contributed by atoms with van der Waals surface area (Å²) in [4.78, 5) is 32.1. The Balaban J connectivity index is 1.71. The van der Waals surface area contributed by atoms with Crippen LogP contribution in [0.3, 0.4) is 0 Å². The molecule has 29 heavy (non-hydrogen) atoms. The first-order valence-corrected chi connectivity index (χ1v) is 12.0. The summed E-state index contributed by atoms with van der Waals surface area (Å²) in [6.45, 7) is 1.92. The molecular formula is C24H29NO3S. The van der Waals surface area contributed by atoms with E-state index >= 15 is 0 Å². The number of allylic oxidation sites excluding steroid dienone is 2. The molecule has 1 fully saturated rings. The molecule has 1 unspecified atom stereocenters. The van der Waals surface area contributed by atoms with Crippen molar-refractivity contribution in [2.75, 3.05) is 6.26 Å². The Morgan fingerprint density at radius 1 is 1.07 bits per heavy atom. The van der Waals surface area contributed by atoms with Gasteiger partial charge in [-0.15, -0.1) is 11.8 Å². The molecule has 1 aliphatic heterocycles. The van der Waals surface area contributed by atoms with E-state index < -0.39 is 5.92 Å². The van der Waals surface area contributed by atoms with Gasteiger partial charge in [-0.2, -0.15) is 0 Å². The molecule has 0 amide bonds. The summed E-state index contributed by atoms with van der Waals surface area (Å²) in [6.07, 6.45) is 9.55. The van der Waals surface area contributed by atoms with Crippen LogP contribution in [0.1, 0.15) is 69.8 Å². The predicted molar refractivity (Wildman–Crippen MR) is 116 cm³/mol. The average molecular weight is 412 g/mol. The van der Waals surface area contributed by atoms with Crippen LogP contribution in [0.2, 0.25) is 0 Å². The second-order valence-electron chi connectivity index (χ2n) is 8.32. The Morgan fingerprint density at radius 2 is 1.79 bits per heavy atom. The van der Waals surface area contributed by atoms with Gasteiger partial charge in [0.05, 0.1) is 0 Å². The minimum atomic E-state index is -0.516. The van der Waals surface area contributed by atoms with Gasteiger partial charge in [0.1, 0.15) is 12.0 Å². The maximum Gasteiger partial charge on any atom is 0.315 e. The Hall–Kier alpha value is -1.88. The Morgan fingerprint density at radius 3 is 2.48 bits per heavy atom.